The second-order valence-electron chi connectivity index (χ2n) is 6.89. The summed E-state index contributed by atoms with van der Waals surface area (Å²) in [4.78, 5) is 2.30. The zero-order valence-electron chi connectivity index (χ0n) is 15.8. The summed E-state index contributed by atoms with van der Waals surface area (Å²) in [5.41, 5.74) is 3.01. The summed E-state index contributed by atoms with van der Waals surface area (Å²) in [6.45, 7) is 3.22. The largest absolute Gasteiger partial charge is 0.496 e. The van der Waals surface area contributed by atoms with E-state index in [1.54, 1.807) is 27.0 Å². The molecule has 0 aliphatic heterocycles. The number of hydrogen-bond acceptors (Lipinski definition) is 6. The van der Waals surface area contributed by atoms with Crippen LogP contribution in [0.2, 0.25) is 0 Å². The highest BCUT2D eigenvalue weighted by molar-refractivity contribution is 7.92. The average molecular weight is 379 g/mol. The van der Waals surface area contributed by atoms with Gasteiger partial charge in [-0.25, -0.2) is 8.42 Å². The number of aryl methyl sites for hydroxylation is 2. The fourth-order valence-electron chi connectivity index (χ4n) is 3.61. The quantitative estimate of drug-likeness (QED) is 0.859. The molecule has 0 spiro atoms. The second kappa shape index (κ2) is 6.92. The first-order valence-electron chi connectivity index (χ1n) is 8.55. The van der Waals surface area contributed by atoms with Crippen molar-refractivity contribution in [1.82, 2.24) is 10.1 Å². The van der Waals surface area contributed by atoms with Crippen molar-refractivity contribution in [3.8, 4) is 5.75 Å². The summed E-state index contributed by atoms with van der Waals surface area (Å²) in [5.74, 6) is 1.08. The Bertz CT molecular complexity index is 899. The fourth-order valence-corrected chi connectivity index (χ4v) is 5.04. The normalized spacial score (nSPS) is 17.2. The Hall–Kier alpha value is -2.06. The second-order valence-corrected chi connectivity index (χ2v) is 8.51. The number of anilines is 1. The predicted octanol–water partition coefficient (Wildman–Crippen LogP) is 2.52. The molecule has 1 unspecified atom stereocenters. The topological polar surface area (TPSA) is 84.7 Å². The summed E-state index contributed by atoms with van der Waals surface area (Å²) in [6, 6.07) is 4.00. The first-order chi connectivity index (χ1) is 12.2. The molecule has 0 fully saturated rings. The average Bonchev–Trinajstić information content (AvgIpc) is 2.93. The molecule has 26 heavy (non-hydrogen) atoms. The Labute approximate surface area is 154 Å². The van der Waals surface area contributed by atoms with Crippen molar-refractivity contribution in [3.63, 3.8) is 0 Å². The van der Waals surface area contributed by atoms with E-state index < -0.39 is 10.0 Å². The lowest BCUT2D eigenvalue weighted by Gasteiger charge is -2.32. The Kier molecular flexibility index (Phi) is 4.98. The van der Waals surface area contributed by atoms with Gasteiger partial charge in [0.2, 0.25) is 0 Å². The minimum Gasteiger partial charge on any atom is -0.496 e. The Morgan fingerprint density at radius 1 is 1.27 bits per heavy atom. The lowest BCUT2D eigenvalue weighted by Crippen LogP contribution is -2.34. The number of sulfonamides is 1. The smallest absolute Gasteiger partial charge is 0.267 e. The molecular formula is C18H25N3O4S. The molecule has 1 N–H and O–H groups in total. The van der Waals surface area contributed by atoms with Crippen LogP contribution in [0.15, 0.2) is 21.6 Å². The summed E-state index contributed by atoms with van der Waals surface area (Å²) in [5, 5.41) is 3.75. The van der Waals surface area contributed by atoms with Gasteiger partial charge in [-0.15, -0.1) is 0 Å². The van der Waals surface area contributed by atoms with Gasteiger partial charge in [-0.1, -0.05) is 5.16 Å². The monoisotopic (exact) mass is 379 g/mol. The first kappa shape index (κ1) is 18.7. The number of nitrogens with zero attached hydrogens (tertiary/aromatic N) is 2. The molecule has 0 radical (unpaired) electrons. The molecule has 0 bridgehead atoms. The molecule has 142 valence electrons. The molecule has 7 nitrogen and oxygen atoms in total. The molecule has 1 aromatic carbocycles. The van der Waals surface area contributed by atoms with Crippen LogP contribution in [-0.4, -0.2) is 45.7 Å². The van der Waals surface area contributed by atoms with Crippen molar-refractivity contribution in [1.29, 1.82) is 0 Å². The van der Waals surface area contributed by atoms with Gasteiger partial charge in [-0.3, -0.25) is 4.72 Å². The molecule has 0 saturated carbocycles. The lowest BCUT2D eigenvalue weighted by atomic mass is 9.86. The predicted molar refractivity (Wildman–Crippen MR) is 99.3 cm³/mol. The summed E-state index contributed by atoms with van der Waals surface area (Å²) in [7, 11) is 1.99. The van der Waals surface area contributed by atoms with Gasteiger partial charge in [0.1, 0.15) is 11.4 Å². The van der Waals surface area contributed by atoms with E-state index in [0.717, 1.165) is 36.1 Å². The van der Waals surface area contributed by atoms with E-state index in [4.69, 9.17) is 9.26 Å². The Morgan fingerprint density at radius 3 is 2.58 bits per heavy atom. The van der Waals surface area contributed by atoms with E-state index in [2.05, 4.69) is 28.9 Å². The standard InChI is InChI=1S/C18H25N3O4S/c1-11-18(12(2)25-19-11)26(22,23)20-16-8-9-17(24-5)15-10-13(21(3)4)6-7-14(15)16/h8-9,13,20H,6-7,10H2,1-5H3. The number of aromatic nitrogens is 1. The van der Waals surface area contributed by atoms with Crippen LogP contribution in [0, 0.1) is 13.8 Å². The molecule has 0 amide bonds. The number of rotatable bonds is 5. The molecule has 0 saturated heterocycles. The molecule has 8 heteroatoms. The van der Waals surface area contributed by atoms with Crippen molar-refractivity contribution >= 4 is 15.7 Å². The van der Waals surface area contributed by atoms with Crippen LogP contribution in [0.3, 0.4) is 0 Å². The van der Waals surface area contributed by atoms with E-state index in [1.807, 2.05) is 6.07 Å². The van der Waals surface area contributed by atoms with Gasteiger partial charge < -0.3 is 14.2 Å². The van der Waals surface area contributed by atoms with Gasteiger partial charge in [0.15, 0.2) is 10.7 Å². The maximum Gasteiger partial charge on any atom is 0.267 e. The number of benzene rings is 1. The number of nitrogens with one attached hydrogen (secondary N) is 1. The molecule has 1 atom stereocenters. The number of methoxy groups -OCH3 is 1. The van der Waals surface area contributed by atoms with Crippen LogP contribution >= 0.6 is 0 Å². The SMILES string of the molecule is COc1ccc(NS(=O)(=O)c2c(C)noc2C)c2c1CC(N(C)C)CC2. The number of hydrogen-bond donors (Lipinski definition) is 1. The van der Waals surface area contributed by atoms with Gasteiger partial charge >= 0.3 is 0 Å². The van der Waals surface area contributed by atoms with E-state index in [9.17, 15) is 8.42 Å². The highest BCUT2D eigenvalue weighted by Gasteiger charge is 2.29. The number of ether oxygens (including phenoxy) is 1. The molecule has 2 aromatic rings. The molecular weight excluding hydrogens is 354 g/mol. The van der Waals surface area contributed by atoms with E-state index >= 15 is 0 Å². The van der Waals surface area contributed by atoms with Gasteiger partial charge in [-0.05, 0) is 64.9 Å². The summed E-state index contributed by atoms with van der Waals surface area (Å²) in [6.07, 6.45) is 2.58. The molecule has 1 aliphatic carbocycles. The number of likely N-dealkylation sites (N-methyl/N-ethyl adjacent to an activating group) is 1. The van der Waals surface area contributed by atoms with E-state index in [1.165, 1.54) is 0 Å². The fraction of sp³-hybridized carbons (Fsp3) is 0.500. The molecule has 1 aromatic heterocycles. The third kappa shape index (κ3) is 3.31. The van der Waals surface area contributed by atoms with Crippen LogP contribution < -0.4 is 9.46 Å². The maximum absolute atomic E-state index is 12.9. The Morgan fingerprint density at radius 2 is 2.00 bits per heavy atom. The molecule has 1 aliphatic rings. The van der Waals surface area contributed by atoms with Gasteiger partial charge in [0.25, 0.3) is 10.0 Å². The summed E-state index contributed by atoms with van der Waals surface area (Å²) < 4.78 is 39.0. The van der Waals surface area contributed by atoms with E-state index in [-0.39, 0.29) is 10.7 Å². The minimum absolute atomic E-state index is 0.101. The van der Waals surface area contributed by atoms with Crippen molar-refractivity contribution < 1.29 is 17.7 Å². The van der Waals surface area contributed by atoms with Gasteiger partial charge in [-0.2, -0.15) is 0 Å². The van der Waals surface area contributed by atoms with Crippen LogP contribution in [0.1, 0.15) is 29.0 Å². The van der Waals surface area contributed by atoms with Gasteiger partial charge in [0, 0.05) is 11.6 Å². The van der Waals surface area contributed by atoms with Crippen LogP contribution in [0.5, 0.6) is 5.75 Å². The van der Waals surface area contributed by atoms with Crippen molar-refractivity contribution in [2.75, 3.05) is 25.9 Å². The van der Waals surface area contributed by atoms with Crippen molar-refractivity contribution in [2.45, 2.75) is 44.0 Å². The highest BCUT2D eigenvalue weighted by atomic mass is 32.2. The van der Waals surface area contributed by atoms with E-state index in [0.29, 0.717) is 17.4 Å². The van der Waals surface area contributed by atoms with Crippen molar-refractivity contribution in [2.24, 2.45) is 0 Å². The highest BCUT2D eigenvalue weighted by Crippen LogP contribution is 2.37. The van der Waals surface area contributed by atoms with Crippen molar-refractivity contribution in [3.05, 3.63) is 34.7 Å². The minimum atomic E-state index is -3.77. The zero-order valence-corrected chi connectivity index (χ0v) is 16.6. The van der Waals surface area contributed by atoms with Crippen LogP contribution in [0.4, 0.5) is 5.69 Å². The third-order valence-electron chi connectivity index (χ3n) is 4.99. The van der Waals surface area contributed by atoms with Crippen LogP contribution in [-0.2, 0) is 22.9 Å². The molecule has 1 heterocycles. The van der Waals surface area contributed by atoms with Crippen LogP contribution in [0.25, 0.3) is 0 Å². The Balaban J connectivity index is 2.01. The summed E-state index contributed by atoms with van der Waals surface area (Å²) >= 11 is 0. The first-order valence-corrected chi connectivity index (χ1v) is 10.0. The zero-order chi connectivity index (χ0) is 19.1. The van der Waals surface area contributed by atoms with Gasteiger partial charge in [0.05, 0.1) is 12.8 Å². The molecule has 3 rings (SSSR count). The lowest BCUT2D eigenvalue weighted by molar-refractivity contribution is 0.265. The third-order valence-corrected chi connectivity index (χ3v) is 6.60. The maximum atomic E-state index is 12.9. The number of fused-ring (bicyclic) bond motifs is 1.